The molecule has 4 bridgehead atoms. The molecular weight excluding hydrogens is 387 g/mol. The molecule has 8 heteroatoms. The standard InChI is InChI=1S/C20H20F3N3OS/c21-20(22,23)15-3-1-2-14(7-15)16(27)24-18-26-25-17(28-18)19-8-11-4-12(9-19)6-13(5-11)10-19/h1-3,7,11-13H,4-6,8-10H2,(H,24,26,27). The van der Waals surface area contributed by atoms with E-state index in [1.54, 1.807) is 0 Å². The highest BCUT2D eigenvalue weighted by atomic mass is 32.1. The van der Waals surface area contributed by atoms with E-state index in [0.29, 0.717) is 5.13 Å². The number of anilines is 1. The van der Waals surface area contributed by atoms with Crippen molar-refractivity contribution >= 4 is 22.4 Å². The Kier molecular flexibility index (Phi) is 4.05. The molecule has 4 nitrogen and oxygen atoms in total. The average Bonchev–Trinajstić information content (AvgIpc) is 3.09. The Balaban J connectivity index is 1.34. The van der Waals surface area contributed by atoms with Crippen molar-refractivity contribution < 1.29 is 18.0 Å². The lowest BCUT2D eigenvalue weighted by Crippen LogP contribution is -2.48. The maximum atomic E-state index is 12.9. The fourth-order valence-electron chi connectivity index (χ4n) is 5.87. The first kappa shape index (κ1) is 18.1. The van der Waals surface area contributed by atoms with Gasteiger partial charge in [0.2, 0.25) is 5.13 Å². The van der Waals surface area contributed by atoms with Crippen LogP contribution in [0.2, 0.25) is 0 Å². The van der Waals surface area contributed by atoms with Crippen LogP contribution in [0.3, 0.4) is 0 Å². The van der Waals surface area contributed by atoms with Crippen LogP contribution in [-0.4, -0.2) is 16.1 Å². The number of halogens is 3. The molecule has 4 aliphatic rings. The van der Waals surface area contributed by atoms with Gasteiger partial charge in [0.1, 0.15) is 5.01 Å². The number of rotatable bonds is 3. The van der Waals surface area contributed by atoms with Crippen molar-refractivity contribution in [1.29, 1.82) is 0 Å². The van der Waals surface area contributed by atoms with E-state index in [0.717, 1.165) is 54.2 Å². The first-order chi connectivity index (χ1) is 13.3. The van der Waals surface area contributed by atoms with Crippen LogP contribution in [0.4, 0.5) is 18.3 Å². The smallest absolute Gasteiger partial charge is 0.296 e. The second kappa shape index (κ2) is 6.27. The summed E-state index contributed by atoms with van der Waals surface area (Å²) < 4.78 is 38.6. The molecule has 0 unspecified atom stereocenters. The van der Waals surface area contributed by atoms with E-state index in [1.807, 2.05) is 0 Å². The van der Waals surface area contributed by atoms with E-state index in [4.69, 9.17) is 0 Å². The van der Waals surface area contributed by atoms with Crippen molar-refractivity contribution in [1.82, 2.24) is 10.2 Å². The highest BCUT2D eigenvalue weighted by Gasteiger charge is 2.53. The third kappa shape index (κ3) is 3.11. The second-order valence-corrected chi connectivity index (χ2v) is 9.62. The topological polar surface area (TPSA) is 54.9 Å². The van der Waals surface area contributed by atoms with Gasteiger partial charge in [-0.25, -0.2) is 0 Å². The summed E-state index contributed by atoms with van der Waals surface area (Å²) in [4.78, 5) is 12.4. The highest BCUT2D eigenvalue weighted by molar-refractivity contribution is 7.15. The van der Waals surface area contributed by atoms with Gasteiger partial charge in [0.05, 0.1) is 5.56 Å². The minimum Gasteiger partial charge on any atom is -0.296 e. The van der Waals surface area contributed by atoms with Crippen LogP contribution >= 0.6 is 11.3 Å². The number of nitrogens with one attached hydrogen (secondary N) is 1. The molecule has 1 N–H and O–H groups in total. The maximum absolute atomic E-state index is 12.9. The number of nitrogens with zero attached hydrogens (tertiary/aromatic N) is 2. The molecule has 28 heavy (non-hydrogen) atoms. The Hall–Kier alpha value is -1.96. The summed E-state index contributed by atoms with van der Waals surface area (Å²) in [5.41, 5.74) is -0.793. The fraction of sp³-hybridized carbons (Fsp3) is 0.550. The molecule has 4 aliphatic carbocycles. The van der Waals surface area contributed by atoms with Crippen molar-refractivity contribution in [2.75, 3.05) is 5.32 Å². The van der Waals surface area contributed by atoms with E-state index < -0.39 is 17.6 Å². The number of hydrogen-bond acceptors (Lipinski definition) is 4. The van der Waals surface area contributed by atoms with Crippen LogP contribution in [0.1, 0.15) is 59.5 Å². The fourth-order valence-corrected chi connectivity index (χ4v) is 6.82. The van der Waals surface area contributed by atoms with Crippen LogP contribution in [-0.2, 0) is 11.6 Å². The predicted molar refractivity (Wildman–Crippen MR) is 99.2 cm³/mol. The summed E-state index contributed by atoms with van der Waals surface area (Å²) >= 11 is 1.38. The van der Waals surface area contributed by atoms with E-state index >= 15 is 0 Å². The molecule has 0 radical (unpaired) electrons. The minimum absolute atomic E-state index is 0.0404. The predicted octanol–water partition coefficient (Wildman–Crippen LogP) is 5.28. The quantitative estimate of drug-likeness (QED) is 0.753. The highest BCUT2D eigenvalue weighted by Crippen LogP contribution is 2.61. The number of carbonyl (C=O) groups excluding carboxylic acids is 1. The molecule has 0 spiro atoms. The summed E-state index contributed by atoms with van der Waals surface area (Å²) in [6.07, 6.45) is 2.95. The van der Waals surface area contributed by atoms with E-state index in [2.05, 4.69) is 15.5 Å². The number of carbonyl (C=O) groups is 1. The van der Waals surface area contributed by atoms with Gasteiger partial charge in [0.25, 0.3) is 5.91 Å². The molecule has 0 atom stereocenters. The molecule has 0 saturated heterocycles. The third-order valence-corrected chi connectivity index (χ3v) is 7.67. The number of aromatic nitrogens is 2. The van der Waals surface area contributed by atoms with Gasteiger partial charge in [-0.3, -0.25) is 10.1 Å². The molecule has 1 aromatic carbocycles. The first-order valence-corrected chi connectivity index (χ1v) is 10.4. The van der Waals surface area contributed by atoms with E-state index in [1.165, 1.54) is 42.7 Å². The largest absolute Gasteiger partial charge is 0.416 e. The summed E-state index contributed by atoms with van der Waals surface area (Å²) in [5, 5.41) is 12.5. The zero-order chi connectivity index (χ0) is 19.5. The van der Waals surface area contributed by atoms with Crippen molar-refractivity contribution in [2.24, 2.45) is 17.8 Å². The second-order valence-electron chi connectivity index (χ2n) is 8.64. The van der Waals surface area contributed by atoms with Gasteiger partial charge in [0.15, 0.2) is 0 Å². The Morgan fingerprint density at radius 2 is 1.71 bits per heavy atom. The molecule has 1 amide bonds. The van der Waals surface area contributed by atoms with Gasteiger partial charge in [-0.15, -0.1) is 10.2 Å². The minimum atomic E-state index is -4.48. The Morgan fingerprint density at radius 3 is 2.32 bits per heavy atom. The van der Waals surface area contributed by atoms with Gasteiger partial charge in [-0.2, -0.15) is 13.2 Å². The number of hydrogen-bond donors (Lipinski definition) is 1. The summed E-state index contributed by atoms with van der Waals surface area (Å²) in [5.74, 6) is 1.73. The van der Waals surface area contributed by atoms with Gasteiger partial charge < -0.3 is 0 Å². The number of amides is 1. The molecule has 1 heterocycles. The molecule has 4 saturated carbocycles. The molecule has 4 fully saturated rings. The lowest BCUT2D eigenvalue weighted by Gasteiger charge is -2.55. The Bertz CT molecular complexity index is 888. The Morgan fingerprint density at radius 1 is 1.07 bits per heavy atom. The number of alkyl halides is 3. The lowest BCUT2D eigenvalue weighted by molar-refractivity contribution is -0.137. The molecule has 1 aromatic heterocycles. The number of benzene rings is 1. The summed E-state index contributed by atoms with van der Waals surface area (Å²) in [6.45, 7) is 0. The normalized spacial score (nSPS) is 31.2. The van der Waals surface area contributed by atoms with Gasteiger partial charge in [0, 0.05) is 11.0 Å². The average molecular weight is 407 g/mol. The van der Waals surface area contributed by atoms with Crippen LogP contribution < -0.4 is 5.32 Å². The first-order valence-electron chi connectivity index (χ1n) is 9.63. The molecule has 6 rings (SSSR count). The third-order valence-electron chi connectivity index (χ3n) is 6.59. The van der Waals surface area contributed by atoms with E-state index in [-0.39, 0.29) is 11.0 Å². The van der Waals surface area contributed by atoms with Crippen LogP contribution in [0.25, 0.3) is 0 Å². The van der Waals surface area contributed by atoms with Crippen LogP contribution in [0, 0.1) is 17.8 Å². The Labute approximate surface area is 164 Å². The monoisotopic (exact) mass is 407 g/mol. The van der Waals surface area contributed by atoms with Crippen LogP contribution in [0.15, 0.2) is 24.3 Å². The van der Waals surface area contributed by atoms with Crippen molar-refractivity contribution in [3.63, 3.8) is 0 Å². The molecule has 148 valence electrons. The van der Waals surface area contributed by atoms with Crippen molar-refractivity contribution in [2.45, 2.75) is 50.1 Å². The van der Waals surface area contributed by atoms with E-state index in [9.17, 15) is 18.0 Å². The van der Waals surface area contributed by atoms with Gasteiger partial charge in [-0.1, -0.05) is 17.4 Å². The van der Waals surface area contributed by atoms with Crippen molar-refractivity contribution in [3.8, 4) is 0 Å². The summed E-state index contributed by atoms with van der Waals surface area (Å²) in [7, 11) is 0. The van der Waals surface area contributed by atoms with Crippen LogP contribution in [0.5, 0.6) is 0 Å². The lowest BCUT2D eigenvalue weighted by atomic mass is 9.50. The van der Waals surface area contributed by atoms with Gasteiger partial charge >= 0.3 is 6.18 Å². The zero-order valence-corrected chi connectivity index (χ0v) is 15.9. The molecular formula is C20H20F3N3OS. The molecule has 2 aromatic rings. The molecule has 0 aliphatic heterocycles. The maximum Gasteiger partial charge on any atom is 0.416 e. The van der Waals surface area contributed by atoms with Gasteiger partial charge in [-0.05, 0) is 74.5 Å². The SMILES string of the molecule is O=C(Nc1nnc(C23CC4CC(CC(C4)C2)C3)s1)c1cccc(C(F)(F)F)c1. The zero-order valence-electron chi connectivity index (χ0n) is 15.1. The summed E-state index contributed by atoms with van der Waals surface area (Å²) in [6, 6.07) is 4.41. The van der Waals surface area contributed by atoms with Crippen molar-refractivity contribution in [3.05, 3.63) is 40.4 Å².